The first-order valence-corrected chi connectivity index (χ1v) is 10.3. The molecule has 0 spiro atoms. The minimum atomic E-state index is -0.234. The normalized spacial score (nSPS) is 11.1. The zero-order valence-corrected chi connectivity index (χ0v) is 17.1. The fourth-order valence-electron chi connectivity index (χ4n) is 3.72. The van der Waals surface area contributed by atoms with E-state index in [1.54, 1.807) is 6.92 Å². The summed E-state index contributed by atoms with van der Waals surface area (Å²) in [6.45, 7) is 4.39. The van der Waals surface area contributed by atoms with E-state index in [-0.39, 0.29) is 12.5 Å². The molecule has 1 N–H and O–H groups in total. The van der Waals surface area contributed by atoms with Crippen molar-refractivity contribution in [2.75, 3.05) is 19.8 Å². The summed E-state index contributed by atoms with van der Waals surface area (Å²) in [7, 11) is 0. The summed E-state index contributed by atoms with van der Waals surface area (Å²) in [4.78, 5) is 11.4. The van der Waals surface area contributed by atoms with Crippen LogP contribution >= 0.6 is 0 Å². The summed E-state index contributed by atoms with van der Waals surface area (Å²) in [5.41, 5.74) is 3.55. The van der Waals surface area contributed by atoms with Gasteiger partial charge < -0.3 is 19.4 Å². The van der Waals surface area contributed by atoms with Crippen LogP contribution in [0.15, 0.2) is 72.8 Å². The number of carbonyl (C=O) groups excluding carboxylic acids is 1. The molecule has 0 fully saturated rings. The lowest BCUT2D eigenvalue weighted by molar-refractivity contribution is -0.142. The van der Waals surface area contributed by atoms with Gasteiger partial charge in [0, 0.05) is 28.4 Å². The number of aromatic nitrogens is 1. The second-order valence-corrected chi connectivity index (χ2v) is 7.09. The second kappa shape index (κ2) is 9.46. The maximum absolute atomic E-state index is 11.4. The van der Waals surface area contributed by atoms with Gasteiger partial charge in [-0.3, -0.25) is 4.79 Å². The summed E-state index contributed by atoms with van der Waals surface area (Å²) in [6, 6.07) is 24.9. The highest BCUT2D eigenvalue weighted by molar-refractivity contribution is 6.07. The van der Waals surface area contributed by atoms with Crippen molar-refractivity contribution in [2.45, 2.75) is 20.0 Å². The summed E-state index contributed by atoms with van der Waals surface area (Å²) in [6.07, 6.45) is 0. The van der Waals surface area contributed by atoms with Crippen molar-refractivity contribution in [3.05, 3.63) is 78.4 Å². The summed E-state index contributed by atoms with van der Waals surface area (Å²) in [5.74, 6) is 0.604. The van der Waals surface area contributed by atoms with Crippen LogP contribution in [0.5, 0.6) is 5.75 Å². The smallest absolute Gasteiger partial charge is 0.319 e. The molecule has 5 nitrogen and oxygen atoms in total. The molecule has 0 unspecified atom stereocenters. The molecule has 0 amide bonds. The number of hydrogen-bond acceptors (Lipinski definition) is 4. The molecular formula is C25H26N2O3. The number of carbonyl (C=O) groups is 1. The summed E-state index contributed by atoms with van der Waals surface area (Å²) in [5, 5.41) is 5.62. The van der Waals surface area contributed by atoms with Crippen LogP contribution in [-0.4, -0.2) is 30.3 Å². The highest BCUT2D eigenvalue weighted by Gasteiger charge is 2.09. The summed E-state index contributed by atoms with van der Waals surface area (Å²) >= 11 is 0. The zero-order valence-electron chi connectivity index (χ0n) is 17.1. The van der Waals surface area contributed by atoms with Crippen molar-refractivity contribution in [1.29, 1.82) is 0 Å². The molecule has 4 aromatic rings. The number of hydrogen-bond donors (Lipinski definition) is 1. The molecule has 0 saturated heterocycles. The molecule has 0 bridgehead atoms. The maximum atomic E-state index is 11.4. The Morgan fingerprint density at radius 1 is 0.900 bits per heavy atom. The molecule has 30 heavy (non-hydrogen) atoms. The van der Waals surface area contributed by atoms with Crippen LogP contribution in [0.4, 0.5) is 0 Å². The van der Waals surface area contributed by atoms with Gasteiger partial charge in [0.2, 0.25) is 0 Å². The van der Waals surface area contributed by atoms with E-state index in [0.717, 1.165) is 17.9 Å². The van der Waals surface area contributed by atoms with Gasteiger partial charge >= 0.3 is 5.97 Å². The quantitative estimate of drug-likeness (QED) is 0.418. The molecule has 0 saturated carbocycles. The van der Waals surface area contributed by atoms with Gasteiger partial charge in [-0.1, -0.05) is 48.5 Å². The Kier molecular flexibility index (Phi) is 6.30. The standard InChI is InChI=1S/C25H26N2O3/c1-2-29-25(28)18-26-17-19-11-13-20(14-12-19)30-16-15-27-23-9-5-3-7-21(23)22-8-4-6-10-24(22)27/h3-14,26H,2,15-18H2,1H3. The lowest BCUT2D eigenvalue weighted by Gasteiger charge is -2.10. The zero-order chi connectivity index (χ0) is 20.8. The maximum Gasteiger partial charge on any atom is 0.319 e. The van der Waals surface area contributed by atoms with E-state index in [4.69, 9.17) is 9.47 Å². The largest absolute Gasteiger partial charge is 0.492 e. The molecule has 154 valence electrons. The molecule has 0 aliphatic carbocycles. The van der Waals surface area contributed by atoms with Gasteiger partial charge in [0.1, 0.15) is 12.4 Å². The Morgan fingerprint density at radius 3 is 2.17 bits per heavy atom. The fraction of sp³-hybridized carbons (Fsp3) is 0.240. The number of esters is 1. The van der Waals surface area contributed by atoms with Crippen LogP contribution in [0.25, 0.3) is 21.8 Å². The van der Waals surface area contributed by atoms with Crippen LogP contribution in [0.3, 0.4) is 0 Å². The number of nitrogens with zero attached hydrogens (tertiary/aromatic N) is 1. The minimum Gasteiger partial charge on any atom is -0.492 e. The van der Waals surface area contributed by atoms with E-state index in [2.05, 4.69) is 58.4 Å². The molecule has 3 aromatic carbocycles. The number of benzene rings is 3. The van der Waals surface area contributed by atoms with Crippen LogP contribution in [-0.2, 0) is 22.6 Å². The average molecular weight is 402 g/mol. The van der Waals surface area contributed by atoms with Crippen LogP contribution in [0.1, 0.15) is 12.5 Å². The SMILES string of the molecule is CCOC(=O)CNCc1ccc(OCCn2c3ccccc3c3ccccc32)cc1. The van der Waals surface area contributed by atoms with Crippen molar-refractivity contribution < 1.29 is 14.3 Å². The van der Waals surface area contributed by atoms with Crippen molar-refractivity contribution in [3.63, 3.8) is 0 Å². The molecule has 1 heterocycles. The third-order valence-electron chi connectivity index (χ3n) is 5.09. The van der Waals surface area contributed by atoms with E-state index in [9.17, 15) is 4.79 Å². The van der Waals surface area contributed by atoms with Crippen LogP contribution < -0.4 is 10.1 Å². The number of fused-ring (bicyclic) bond motifs is 3. The highest BCUT2D eigenvalue weighted by atomic mass is 16.5. The third kappa shape index (κ3) is 4.47. The molecule has 1 aromatic heterocycles. The highest BCUT2D eigenvalue weighted by Crippen LogP contribution is 2.28. The predicted octanol–water partition coefficient (Wildman–Crippen LogP) is 4.53. The van der Waals surface area contributed by atoms with E-state index < -0.39 is 0 Å². The average Bonchev–Trinajstić information content (AvgIpc) is 3.09. The Labute approximate surface area is 176 Å². The van der Waals surface area contributed by atoms with Crippen molar-refractivity contribution in [3.8, 4) is 5.75 Å². The predicted molar refractivity (Wildman–Crippen MR) is 120 cm³/mol. The van der Waals surface area contributed by atoms with Crippen molar-refractivity contribution in [2.24, 2.45) is 0 Å². The monoisotopic (exact) mass is 402 g/mol. The summed E-state index contributed by atoms with van der Waals surface area (Å²) < 4.78 is 13.2. The molecule has 0 aliphatic rings. The van der Waals surface area contributed by atoms with E-state index in [1.807, 2.05) is 24.3 Å². The van der Waals surface area contributed by atoms with Gasteiger partial charge in [0.05, 0.1) is 19.7 Å². The topological polar surface area (TPSA) is 52.5 Å². The number of rotatable bonds is 9. The van der Waals surface area contributed by atoms with Gasteiger partial charge in [-0.2, -0.15) is 0 Å². The molecule has 5 heteroatoms. The van der Waals surface area contributed by atoms with Crippen molar-refractivity contribution in [1.82, 2.24) is 9.88 Å². The van der Waals surface area contributed by atoms with Crippen molar-refractivity contribution >= 4 is 27.8 Å². The van der Waals surface area contributed by atoms with Gasteiger partial charge in [-0.15, -0.1) is 0 Å². The van der Waals surface area contributed by atoms with Gasteiger partial charge in [-0.25, -0.2) is 0 Å². The first-order valence-electron chi connectivity index (χ1n) is 10.3. The van der Waals surface area contributed by atoms with E-state index in [1.165, 1.54) is 21.8 Å². The van der Waals surface area contributed by atoms with Crippen LogP contribution in [0.2, 0.25) is 0 Å². The van der Waals surface area contributed by atoms with Gasteiger partial charge in [-0.05, 0) is 36.8 Å². The minimum absolute atomic E-state index is 0.213. The van der Waals surface area contributed by atoms with E-state index in [0.29, 0.717) is 19.8 Å². The molecule has 4 rings (SSSR count). The lowest BCUT2D eigenvalue weighted by Crippen LogP contribution is -2.24. The van der Waals surface area contributed by atoms with Crippen LogP contribution in [0, 0.1) is 0 Å². The molecular weight excluding hydrogens is 376 g/mol. The number of para-hydroxylation sites is 2. The molecule has 0 aliphatic heterocycles. The number of ether oxygens (including phenoxy) is 2. The Balaban J connectivity index is 1.35. The first kappa shape index (κ1) is 20.0. The van der Waals surface area contributed by atoms with E-state index >= 15 is 0 Å². The second-order valence-electron chi connectivity index (χ2n) is 7.09. The third-order valence-corrected chi connectivity index (χ3v) is 5.09. The lowest BCUT2D eigenvalue weighted by atomic mass is 10.2. The molecule has 0 radical (unpaired) electrons. The number of nitrogens with one attached hydrogen (secondary N) is 1. The Bertz CT molecular complexity index is 1080. The Hall–Kier alpha value is -3.31. The van der Waals surface area contributed by atoms with Gasteiger partial charge in [0.15, 0.2) is 0 Å². The Morgan fingerprint density at radius 2 is 1.53 bits per heavy atom. The molecule has 0 atom stereocenters. The fourth-order valence-corrected chi connectivity index (χ4v) is 3.72. The van der Waals surface area contributed by atoms with Gasteiger partial charge in [0.25, 0.3) is 0 Å². The first-order chi connectivity index (χ1) is 14.8.